The summed E-state index contributed by atoms with van der Waals surface area (Å²) in [4.78, 5) is 0. The van der Waals surface area contributed by atoms with Gasteiger partial charge in [-0.05, 0) is 23.6 Å². The molecule has 16 heavy (non-hydrogen) atoms. The smallest absolute Gasteiger partial charge is 0.126 e. The minimum Gasteiger partial charge on any atom is -0.496 e. The predicted octanol–water partition coefficient (Wildman–Crippen LogP) is 2.36. The van der Waals surface area contributed by atoms with Crippen molar-refractivity contribution >= 4 is 0 Å². The highest BCUT2D eigenvalue weighted by molar-refractivity contribution is 5.48. The second-order valence-corrected chi connectivity index (χ2v) is 3.84. The first-order valence-electron chi connectivity index (χ1n) is 5.53. The number of ether oxygens (including phenoxy) is 2. The van der Waals surface area contributed by atoms with E-state index in [2.05, 4.69) is 13.0 Å². The van der Waals surface area contributed by atoms with Crippen LogP contribution in [0, 0.1) is 0 Å². The zero-order valence-electron chi connectivity index (χ0n) is 10.4. The number of methoxy groups -OCH3 is 2. The summed E-state index contributed by atoms with van der Waals surface area (Å²) >= 11 is 0. The first kappa shape index (κ1) is 12.8. The summed E-state index contributed by atoms with van der Waals surface area (Å²) in [5, 5.41) is 9.21. The van der Waals surface area contributed by atoms with Crippen LogP contribution in [-0.4, -0.2) is 25.9 Å². The normalized spacial score (nSPS) is 12.3. The van der Waals surface area contributed by atoms with Gasteiger partial charge in [-0.15, -0.1) is 0 Å². The molecule has 0 bridgehead atoms. The lowest BCUT2D eigenvalue weighted by atomic mass is 9.97. The molecule has 1 aromatic carbocycles. The van der Waals surface area contributed by atoms with Crippen LogP contribution >= 0.6 is 0 Å². The highest BCUT2D eigenvalue weighted by atomic mass is 16.5. The first-order valence-corrected chi connectivity index (χ1v) is 5.53. The number of benzene rings is 1. The van der Waals surface area contributed by atoms with Crippen molar-refractivity contribution in [1.29, 1.82) is 0 Å². The maximum atomic E-state index is 9.21. The summed E-state index contributed by atoms with van der Waals surface area (Å²) in [7, 11) is 3.29. The summed E-state index contributed by atoms with van der Waals surface area (Å²) in [6.07, 6.45) is 0.901. The van der Waals surface area contributed by atoms with Crippen LogP contribution in [-0.2, 0) is 6.42 Å². The van der Waals surface area contributed by atoms with Crippen LogP contribution < -0.4 is 9.47 Å². The van der Waals surface area contributed by atoms with E-state index in [1.807, 2.05) is 13.0 Å². The van der Waals surface area contributed by atoms with Gasteiger partial charge in [-0.2, -0.15) is 0 Å². The Morgan fingerprint density at radius 1 is 1.19 bits per heavy atom. The van der Waals surface area contributed by atoms with Crippen molar-refractivity contribution in [3.63, 3.8) is 0 Å². The highest BCUT2D eigenvalue weighted by Gasteiger charge is 2.14. The molecule has 1 atom stereocenters. The molecular weight excluding hydrogens is 204 g/mol. The van der Waals surface area contributed by atoms with E-state index in [4.69, 9.17) is 9.47 Å². The lowest BCUT2D eigenvalue weighted by Crippen LogP contribution is -2.04. The monoisotopic (exact) mass is 224 g/mol. The maximum Gasteiger partial charge on any atom is 0.126 e. The number of hydrogen-bond donors (Lipinski definition) is 1. The third kappa shape index (κ3) is 2.47. The highest BCUT2D eigenvalue weighted by Crippen LogP contribution is 2.33. The van der Waals surface area contributed by atoms with Crippen LogP contribution in [0.2, 0.25) is 0 Å². The molecule has 3 heteroatoms. The Kier molecular flexibility index (Phi) is 4.62. The van der Waals surface area contributed by atoms with Crippen LogP contribution in [0.3, 0.4) is 0 Å². The fourth-order valence-corrected chi connectivity index (χ4v) is 1.75. The molecule has 0 aliphatic heterocycles. The minimum absolute atomic E-state index is 0.0751. The molecule has 1 unspecified atom stereocenters. The van der Waals surface area contributed by atoms with Gasteiger partial charge in [0.05, 0.1) is 14.2 Å². The largest absolute Gasteiger partial charge is 0.496 e. The van der Waals surface area contributed by atoms with Gasteiger partial charge in [-0.1, -0.05) is 13.8 Å². The molecule has 0 radical (unpaired) electrons. The Morgan fingerprint density at radius 2 is 1.81 bits per heavy atom. The van der Waals surface area contributed by atoms with Crippen molar-refractivity contribution in [2.75, 3.05) is 20.8 Å². The average molecular weight is 224 g/mol. The SMILES string of the molecule is CCc1cc(C(C)CO)c(OC)cc1OC. The van der Waals surface area contributed by atoms with Gasteiger partial charge in [0.25, 0.3) is 0 Å². The van der Waals surface area contributed by atoms with Gasteiger partial charge >= 0.3 is 0 Å². The molecule has 0 saturated heterocycles. The van der Waals surface area contributed by atoms with Crippen LogP contribution in [0.25, 0.3) is 0 Å². The van der Waals surface area contributed by atoms with E-state index in [9.17, 15) is 5.11 Å². The van der Waals surface area contributed by atoms with Gasteiger partial charge in [0.1, 0.15) is 11.5 Å². The Bertz CT molecular complexity index is 347. The van der Waals surface area contributed by atoms with Gasteiger partial charge in [-0.25, -0.2) is 0 Å². The standard InChI is InChI=1S/C13H20O3/c1-5-10-6-11(9(2)8-14)13(16-4)7-12(10)15-3/h6-7,9,14H,5,8H2,1-4H3. The van der Waals surface area contributed by atoms with Gasteiger partial charge in [0, 0.05) is 18.6 Å². The second-order valence-electron chi connectivity index (χ2n) is 3.84. The summed E-state index contributed by atoms with van der Waals surface area (Å²) in [6, 6.07) is 3.94. The Hall–Kier alpha value is -1.22. The molecule has 0 aliphatic carbocycles. The fourth-order valence-electron chi connectivity index (χ4n) is 1.75. The molecule has 0 heterocycles. The predicted molar refractivity (Wildman–Crippen MR) is 64.4 cm³/mol. The average Bonchev–Trinajstić information content (AvgIpc) is 2.35. The van der Waals surface area contributed by atoms with Crippen LogP contribution in [0.4, 0.5) is 0 Å². The van der Waals surface area contributed by atoms with Crippen molar-refractivity contribution in [3.8, 4) is 11.5 Å². The third-order valence-corrected chi connectivity index (χ3v) is 2.82. The molecular formula is C13H20O3. The molecule has 0 aromatic heterocycles. The number of rotatable bonds is 5. The number of hydrogen-bond acceptors (Lipinski definition) is 3. The number of aliphatic hydroxyl groups excluding tert-OH is 1. The maximum absolute atomic E-state index is 9.21. The molecule has 1 N–H and O–H groups in total. The molecule has 0 amide bonds. The van der Waals surface area contributed by atoms with Crippen molar-refractivity contribution in [2.24, 2.45) is 0 Å². The molecule has 0 fully saturated rings. The quantitative estimate of drug-likeness (QED) is 0.834. The van der Waals surface area contributed by atoms with Gasteiger partial charge in [0.15, 0.2) is 0 Å². The third-order valence-electron chi connectivity index (χ3n) is 2.82. The van der Waals surface area contributed by atoms with Crippen molar-refractivity contribution in [2.45, 2.75) is 26.2 Å². The topological polar surface area (TPSA) is 38.7 Å². The minimum atomic E-state index is 0.0751. The second kappa shape index (κ2) is 5.75. The molecule has 1 aromatic rings. The van der Waals surface area contributed by atoms with Crippen LogP contribution in [0.15, 0.2) is 12.1 Å². The zero-order valence-corrected chi connectivity index (χ0v) is 10.4. The molecule has 0 spiro atoms. The van der Waals surface area contributed by atoms with E-state index in [0.29, 0.717) is 0 Å². The van der Waals surface area contributed by atoms with E-state index < -0.39 is 0 Å². The van der Waals surface area contributed by atoms with Crippen molar-refractivity contribution in [3.05, 3.63) is 23.3 Å². The molecule has 1 rings (SSSR count). The first-order chi connectivity index (χ1) is 7.67. The van der Waals surface area contributed by atoms with E-state index >= 15 is 0 Å². The molecule has 90 valence electrons. The van der Waals surface area contributed by atoms with Gasteiger partial charge in [-0.3, -0.25) is 0 Å². The molecule has 0 aliphatic rings. The van der Waals surface area contributed by atoms with Crippen LogP contribution in [0.1, 0.15) is 30.9 Å². The lowest BCUT2D eigenvalue weighted by molar-refractivity contribution is 0.269. The zero-order chi connectivity index (χ0) is 12.1. The van der Waals surface area contributed by atoms with Crippen molar-refractivity contribution in [1.82, 2.24) is 0 Å². The Labute approximate surface area is 97.0 Å². The molecule has 0 saturated carbocycles. The Morgan fingerprint density at radius 3 is 2.25 bits per heavy atom. The van der Waals surface area contributed by atoms with Gasteiger partial charge in [0.2, 0.25) is 0 Å². The number of aryl methyl sites for hydroxylation is 1. The fraction of sp³-hybridized carbons (Fsp3) is 0.538. The van der Waals surface area contributed by atoms with E-state index in [-0.39, 0.29) is 12.5 Å². The lowest BCUT2D eigenvalue weighted by Gasteiger charge is -2.17. The van der Waals surface area contributed by atoms with Gasteiger partial charge < -0.3 is 14.6 Å². The summed E-state index contributed by atoms with van der Waals surface area (Å²) in [5.41, 5.74) is 2.17. The summed E-state index contributed by atoms with van der Waals surface area (Å²) in [6.45, 7) is 4.17. The van der Waals surface area contributed by atoms with Crippen molar-refractivity contribution < 1.29 is 14.6 Å². The summed E-state index contributed by atoms with van der Waals surface area (Å²) in [5.74, 6) is 1.69. The number of aliphatic hydroxyl groups is 1. The van der Waals surface area contributed by atoms with E-state index in [1.165, 1.54) is 0 Å². The summed E-state index contributed by atoms with van der Waals surface area (Å²) < 4.78 is 10.6. The van der Waals surface area contributed by atoms with E-state index in [1.54, 1.807) is 14.2 Å². The van der Waals surface area contributed by atoms with Crippen LogP contribution in [0.5, 0.6) is 11.5 Å². The Balaban J connectivity index is 3.25. The molecule has 3 nitrogen and oxygen atoms in total. The van der Waals surface area contributed by atoms with E-state index in [0.717, 1.165) is 29.0 Å².